The topological polar surface area (TPSA) is 127 Å². The maximum Gasteiger partial charge on any atom is 0.261 e. The van der Waals surface area contributed by atoms with Gasteiger partial charge in [-0.1, -0.05) is 38.0 Å². The molecule has 0 aromatic heterocycles. The van der Waals surface area contributed by atoms with Gasteiger partial charge in [0.2, 0.25) is 17.8 Å². The lowest BCUT2D eigenvalue weighted by molar-refractivity contribution is -0.138. The highest BCUT2D eigenvalue weighted by molar-refractivity contribution is 6.27. The fraction of sp³-hybridized carbons (Fsp3) is 0.500. The number of hydrogen-bond acceptors (Lipinski definition) is 7. The number of carbonyl (C=O) groups is 3. The summed E-state index contributed by atoms with van der Waals surface area (Å²) in [6.07, 6.45) is 2.69. The smallest absolute Gasteiger partial charge is 0.261 e. The van der Waals surface area contributed by atoms with Crippen molar-refractivity contribution in [3.05, 3.63) is 29.8 Å². The van der Waals surface area contributed by atoms with Crippen molar-refractivity contribution in [3.63, 3.8) is 0 Å². The molecule has 4 aliphatic rings. The number of amides is 3. The van der Waals surface area contributed by atoms with E-state index < -0.39 is 35.0 Å². The van der Waals surface area contributed by atoms with Crippen molar-refractivity contribution in [1.29, 1.82) is 5.26 Å². The molecular weight excluding hydrogens is 436 g/mol. The molecule has 0 saturated carbocycles. The second-order valence-corrected chi connectivity index (χ2v) is 8.88. The summed E-state index contributed by atoms with van der Waals surface area (Å²) in [5.74, 6) is -3.91. The Bertz CT molecular complexity index is 1150. The number of nitriles is 1. The molecule has 10 nitrogen and oxygen atoms in total. The summed E-state index contributed by atoms with van der Waals surface area (Å²) in [6.45, 7) is 4.51. The fourth-order valence-corrected chi connectivity index (χ4v) is 5.43. The van der Waals surface area contributed by atoms with Crippen LogP contribution in [0.5, 0.6) is 0 Å². The number of para-hydroxylation sites is 1. The van der Waals surface area contributed by atoms with Gasteiger partial charge in [-0.05, 0) is 18.1 Å². The number of rotatable bonds is 4. The number of carbonyl (C=O) groups excluding carboxylic acids is 3. The van der Waals surface area contributed by atoms with Crippen molar-refractivity contribution in [2.24, 2.45) is 21.8 Å². The van der Waals surface area contributed by atoms with Crippen LogP contribution < -0.4 is 10.2 Å². The van der Waals surface area contributed by atoms with Crippen molar-refractivity contribution in [1.82, 2.24) is 10.2 Å². The number of piperidine rings is 1. The monoisotopic (exact) mass is 462 g/mol. The van der Waals surface area contributed by atoms with Crippen molar-refractivity contribution < 1.29 is 19.1 Å². The Morgan fingerprint density at radius 2 is 1.94 bits per heavy atom. The Morgan fingerprint density at radius 3 is 2.68 bits per heavy atom. The number of fused-ring (bicyclic) bond motifs is 4. The number of morpholine rings is 1. The van der Waals surface area contributed by atoms with E-state index in [1.165, 1.54) is 0 Å². The van der Waals surface area contributed by atoms with E-state index in [2.05, 4.69) is 22.2 Å². The molecule has 2 fully saturated rings. The number of hydrogen-bond donors (Lipinski definition) is 1. The van der Waals surface area contributed by atoms with E-state index in [1.807, 2.05) is 17.0 Å². The third-order valence-corrected chi connectivity index (χ3v) is 7.02. The molecule has 176 valence electrons. The second kappa shape index (κ2) is 8.65. The van der Waals surface area contributed by atoms with Crippen molar-refractivity contribution in [2.75, 3.05) is 37.7 Å². The number of ether oxygens (including phenoxy) is 1. The Kier molecular flexibility index (Phi) is 5.65. The van der Waals surface area contributed by atoms with Crippen LogP contribution in [0.2, 0.25) is 0 Å². The van der Waals surface area contributed by atoms with Crippen molar-refractivity contribution >= 4 is 35.2 Å². The zero-order chi connectivity index (χ0) is 23.9. The van der Waals surface area contributed by atoms with E-state index in [0.29, 0.717) is 44.1 Å². The molecule has 0 radical (unpaired) electrons. The van der Waals surface area contributed by atoms with Gasteiger partial charge in [-0.15, -0.1) is 0 Å². The van der Waals surface area contributed by atoms with Crippen molar-refractivity contribution in [2.45, 2.75) is 31.6 Å². The molecule has 1 aromatic carbocycles. The van der Waals surface area contributed by atoms with Crippen LogP contribution in [0.4, 0.5) is 5.69 Å². The van der Waals surface area contributed by atoms with Crippen LogP contribution in [0, 0.1) is 23.2 Å². The van der Waals surface area contributed by atoms with E-state index in [0.717, 1.165) is 19.3 Å². The van der Waals surface area contributed by atoms with Crippen molar-refractivity contribution in [3.8, 4) is 6.07 Å². The first-order valence-corrected chi connectivity index (χ1v) is 11.7. The molecule has 4 heterocycles. The first kappa shape index (κ1) is 22.2. The normalized spacial score (nSPS) is 28.2. The van der Waals surface area contributed by atoms with Crippen LogP contribution in [0.25, 0.3) is 0 Å². The third kappa shape index (κ3) is 3.15. The lowest BCUT2D eigenvalue weighted by Gasteiger charge is -2.43. The van der Waals surface area contributed by atoms with E-state index in [9.17, 15) is 19.6 Å². The predicted molar refractivity (Wildman–Crippen MR) is 123 cm³/mol. The van der Waals surface area contributed by atoms with Gasteiger partial charge in [-0.2, -0.15) is 15.2 Å². The number of amidine groups is 1. The van der Waals surface area contributed by atoms with Crippen LogP contribution in [0.3, 0.4) is 0 Å². The highest BCUT2D eigenvalue weighted by Gasteiger charge is 2.68. The molecule has 5 rings (SSSR count). The SMILES string of the molecule is CCCCCN1C(=O)C2(c3ccccc31)C(C#N)C(=O)NC1=NC(N3CCOCC3)=NC(=O)C12. The van der Waals surface area contributed by atoms with Gasteiger partial charge >= 0.3 is 0 Å². The van der Waals surface area contributed by atoms with Crippen LogP contribution in [0.1, 0.15) is 31.7 Å². The fourth-order valence-electron chi connectivity index (χ4n) is 5.43. The van der Waals surface area contributed by atoms with Gasteiger partial charge in [0, 0.05) is 25.3 Å². The van der Waals surface area contributed by atoms with Crippen LogP contribution in [-0.4, -0.2) is 67.3 Å². The number of nitrogens with one attached hydrogen (secondary N) is 1. The maximum absolute atomic E-state index is 14.1. The average Bonchev–Trinajstić information content (AvgIpc) is 3.08. The summed E-state index contributed by atoms with van der Waals surface area (Å²) in [4.78, 5) is 53.1. The van der Waals surface area contributed by atoms with Gasteiger partial charge < -0.3 is 19.9 Å². The number of guanidine groups is 1. The second-order valence-electron chi connectivity index (χ2n) is 8.88. The molecule has 0 bridgehead atoms. The number of anilines is 1. The summed E-state index contributed by atoms with van der Waals surface area (Å²) < 4.78 is 5.36. The van der Waals surface area contributed by atoms with Gasteiger partial charge in [-0.3, -0.25) is 14.4 Å². The first-order valence-electron chi connectivity index (χ1n) is 11.7. The molecule has 10 heteroatoms. The zero-order valence-electron chi connectivity index (χ0n) is 19.0. The Morgan fingerprint density at radius 1 is 1.18 bits per heavy atom. The van der Waals surface area contributed by atoms with E-state index in [-0.39, 0.29) is 11.8 Å². The minimum absolute atomic E-state index is 0.0801. The largest absolute Gasteiger partial charge is 0.378 e. The van der Waals surface area contributed by atoms with Crippen LogP contribution >= 0.6 is 0 Å². The maximum atomic E-state index is 14.1. The van der Waals surface area contributed by atoms with E-state index in [4.69, 9.17) is 4.74 Å². The number of benzene rings is 1. The summed E-state index contributed by atoms with van der Waals surface area (Å²) >= 11 is 0. The number of nitrogens with zero attached hydrogens (tertiary/aromatic N) is 5. The van der Waals surface area contributed by atoms with Gasteiger partial charge in [0.25, 0.3) is 5.91 Å². The minimum atomic E-state index is -1.70. The van der Waals surface area contributed by atoms with Crippen LogP contribution in [0.15, 0.2) is 34.3 Å². The molecule has 34 heavy (non-hydrogen) atoms. The molecular formula is C24H26N6O4. The number of aliphatic imine (C=N–C) groups is 2. The number of unbranched alkanes of at least 4 members (excludes halogenated alkanes) is 2. The summed E-state index contributed by atoms with van der Waals surface area (Å²) in [7, 11) is 0. The Balaban J connectivity index is 1.64. The summed E-state index contributed by atoms with van der Waals surface area (Å²) in [5.41, 5.74) is -0.557. The molecule has 4 aliphatic heterocycles. The standard InChI is InChI=1S/C24H26N6O4/c1-2-3-6-9-30-17-8-5-4-7-15(17)24(22(30)33)16(14-25)20(31)26-19-18(24)21(32)28-23(27-19)29-10-12-34-13-11-29/h4-5,7-8,16,18H,2-3,6,9-13H2,1H3,(H,26,27,28,31,32). The molecule has 3 amide bonds. The van der Waals surface area contributed by atoms with Gasteiger partial charge in [0.1, 0.15) is 23.1 Å². The van der Waals surface area contributed by atoms with E-state index >= 15 is 0 Å². The van der Waals surface area contributed by atoms with Gasteiger partial charge in [0.05, 0.1) is 19.3 Å². The van der Waals surface area contributed by atoms with Gasteiger partial charge in [0.15, 0.2) is 0 Å². The third-order valence-electron chi connectivity index (χ3n) is 7.02. The predicted octanol–water partition coefficient (Wildman–Crippen LogP) is 0.974. The molecule has 1 aromatic rings. The molecule has 2 saturated heterocycles. The average molecular weight is 463 g/mol. The minimum Gasteiger partial charge on any atom is -0.378 e. The Hall–Kier alpha value is -3.58. The first-order chi connectivity index (χ1) is 16.5. The molecule has 3 unspecified atom stereocenters. The van der Waals surface area contributed by atoms with Crippen LogP contribution in [-0.2, 0) is 24.5 Å². The highest BCUT2D eigenvalue weighted by Crippen LogP contribution is 2.53. The summed E-state index contributed by atoms with van der Waals surface area (Å²) in [6, 6.07) is 9.15. The molecule has 1 N–H and O–H groups in total. The lowest BCUT2D eigenvalue weighted by atomic mass is 9.60. The van der Waals surface area contributed by atoms with Gasteiger partial charge in [-0.25, -0.2) is 0 Å². The molecule has 1 spiro atoms. The summed E-state index contributed by atoms with van der Waals surface area (Å²) in [5, 5.41) is 12.7. The molecule has 3 atom stereocenters. The highest BCUT2D eigenvalue weighted by atomic mass is 16.5. The van der Waals surface area contributed by atoms with E-state index in [1.54, 1.807) is 23.1 Å². The lowest BCUT2D eigenvalue weighted by Crippen LogP contribution is -2.67. The quantitative estimate of drug-likeness (QED) is 0.665. The zero-order valence-corrected chi connectivity index (χ0v) is 19.0. The molecule has 0 aliphatic carbocycles. The Labute approximate surface area is 197 Å².